The van der Waals surface area contributed by atoms with Crippen molar-refractivity contribution >= 4 is 11.6 Å². The highest BCUT2D eigenvalue weighted by Crippen LogP contribution is 2.35. The SMILES string of the molecule is Cc1cc2c(c(C)c1Cl)CCC(CN)O2. The van der Waals surface area contributed by atoms with Crippen molar-refractivity contribution in [2.24, 2.45) is 5.73 Å². The number of rotatable bonds is 1. The highest BCUT2D eigenvalue weighted by atomic mass is 35.5. The molecule has 1 unspecified atom stereocenters. The molecule has 0 aromatic heterocycles. The first-order chi connectivity index (χ1) is 7.13. The second kappa shape index (κ2) is 4.03. The predicted octanol–water partition coefficient (Wildman–Crippen LogP) is 2.61. The predicted molar refractivity (Wildman–Crippen MR) is 62.7 cm³/mol. The largest absolute Gasteiger partial charge is 0.489 e. The Bertz CT molecular complexity index is 390. The smallest absolute Gasteiger partial charge is 0.123 e. The molecule has 1 aromatic carbocycles. The van der Waals surface area contributed by atoms with E-state index in [9.17, 15) is 0 Å². The highest BCUT2D eigenvalue weighted by molar-refractivity contribution is 6.32. The minimum absolute atomic E-state index is 0.164. The number of aryl methyl sites for hydroxylation is 1. The molecule has 0 saturated carbocycles. The second-order valence-corrected chi connectivity index (χ2v) is 4.50. The van der Waals surface area contributed by atoms with Crippen LogP contribution in [-0.4, -0.2) is 12.6 Å². The van der Waals surface area contributed by atoms with E-state index in [2.05, 4.69) is 6.92 Å². The van der Waals surface area contributed by atoms with Gasteiger partial charge in [0, 0.05) is 11.6 Å². The first kappa shape index (κ1) is 10.8. The summed E-state index contributed by atoms with van der Waals surface area (Å²) < 4.78 is 5.81. The lowest BCUT2D eigenvalue weighted by Gasteiger charge is -2.27. The molecule has 15 heavy (non-hydrogen) atoms. The molecule has 1 aliphatic rings. The van der Waals surface area contributed by atoms with Crippen molar-refractivity contribution in [1.82, 2.24) is 0 Å². The van der Waals surface area contributed by atoms with Crippen LogP contribution in [0, 0.1) is 13.8 Å². The molecule has 0 saturated heterocycles. The lowest BCUT2D eigenvalue weighted by molar-refractivity contribution is 0.181. The van der Waals surface area contributed by atoms with Gasteiger partial charge in [-0.3, -0.25) is 0 Å². The summed E-state index contributed by atoms with van der Waals surface area (Å²) >= 11 is 6.20. The lowest BCUT2D eigenvalue weighted by Crippen LogP contribution is -2.30. The van der Waals surface area contributed by atoms with Crippen LogP contribution in [-0.2, 0) is 6.42 Å². The maximum absolute atomic E-state index is 6.20. The number of fused-ring (bicyclic) bond motifs is 1. The summed E-state index contributed by atoms with van der Waals surface area (Å²) in [6.45, 7) is 4.64. The maximum atomic E-state index is 6.20. The Kier molecular flexibility index (Phi) is 2.89. The standard InChI is InChI=1S/C12H16ClNO/c1-7-5-11-10(8(2)12(7)13)4-3-9(6-14)15-11/h5,9H,3-4,6,14H2,1-2H3. The fraction of sp³-hybridized carbons (Fsp3) is 0.500. The van der Waals surface area contributed by atoms with Crippen molar-refractivity contribution in [3.05, 3.63) is 27.8 Å². The summed E-state index contributed by atoms with van der Waals surface area (Å²) in [5.74, 6) is 0.969. The van der Waals surface area contributed by atoms with Crippen LogP contribution < -0.4 is 10.5 Å². The zero-order valence-electron chi connectivity index (χ0n) is 9.14. The average Bonchev–Trinajstić information content (AvgIpc) is 2.25. The Morgan fingerprint density at radius 3 is 2.93 bits per heavy atom. The van der Waals surface area contributed by atoms with Crippen molar-refractivity contribution in [3.63, 3.8) is 0 Å². The third-order valence-electron chi connectivity index (χ3n) is 3.05. The number of hydrogen-bond acceptors (Lipinski definition) is 2. The average molecular weight is 226 g/mol. The van der Waals surface area contributed by atoms with Gasteiger partial charge in [0.1, 0.15) is 11.9 Å². The van der Waals surface area contributed by atoms with Crippen molar-refractivity contribution < 1.29 is 4.74 Å². The van der Waals surface area contributed by atoms with Crippen molar-refractivity contribution in [1.29, 1.82) is 0 Å². The minimum Gasteiger partial charge on any atom is -0.489 e. The highest BCUT2D eigenvalue weighted by Gasteiger charge is 2.21. The zero-order valence-corrected chi connectivity index (χ0v) is 9.90. The van der Waals surface area contributed by atoms with E-state index in [1.54, 1.807) is 0 Å². The van der Waals surface area contributed by atoms with Crippen LogP contribution in [0.4, 0.5) is 0 Å². The lowest BCUT2D eigenvalue weighted by atomic mass is 9.96. The molecule has 2 nitrogen and oxygen atoms in total. The Morgan fingerprint density at radius 2 is 2.27 bits per heavy atom. The molecule has 0 radical (unpaired) electrons. The minimum atomic E-state index is 0.164. The maximum Gasteiger partial charge on any atom is 0.123 e. The van der Waals surface area contributed by atoms with Gasteiger partial charge in [0.05, 0.1) is 0 Å². The molecule has 3 heteroatoms. The van der Waals surface area contributed by atoms with Crippen LogP contribution in [0.1, 0.15) is 23.1 Å². The molecular formula is C12H16ClNO. The van der Waals surface area contributed by atoms with Crippen LogP contribution in [0.25, 0.3) is 0 Å². The molecule has 0 amide bonds. The molecular weight excluding hydrogens is 210 g/mol. The van der Waals surface area contributed by atoms with Gasteiger partial charge in [-0.15, -0.1) is 0 Å². The van der Waals surface area contributed by atoms with Gasteiger partial charge in [-0.1, -0.05) is 11.6 Å². The third kappa shape index (κ3) is 1.84. The van der Waals surface area contributed by atoms with E-state index in [4.69, 9.17) is 22.1 Å². The second-order valence-electron chi connectivity index (χ2n) is 4.12. The van der Waals surface area contributed by atoms with Crippen molar-refractivity contribution in [2.75, 3.05) is 6.54 Å². The normalized spacial score (nSPS) is 19.6. The Hall–Kier alpha value is -0.730. The summed E-state index contributed by atoms with van der Waals surface area (Å²) in [6.07, 6.45) is 2.17. The fourth-order valence-electron chi connectivity index (χ4n) is 2.09. The zero-order chi connectivity index (χ0) is 11.0. The van der Waals surface area contributed by atoms with Gasteiger partial charge in [0.25, 0.3) is 0 Å². The first-order valence-corrected chi connectivity index (χ1v) is 5.66. The summed E-state index contributed by atoms with van der Waals surface area (Å²) in [6, 6.07) is 2.02. The Labute approximate surface area is 95.4 Å². The summed E-state index contributed by atoms with van der Waals surface area (Å²) in [4.78, 5) is 0. The van der Waals surface area contributed by atoms with Crippen molar-refractivity contribution in [2.45, 2.75) is 32.8 Å². The number of ether oxygens (including phenoxy) is 1. The van der Waals surface area contributed by atoms with Gasteiger partial charge < -0.3 is 10.5 Å². The topological polar surface area (TPSA) is 35.2 Å². The fourth-order valence-corrected chi connectivity index (χ4v) is 2.25. The van der Waals surface area contributed by atoms with E-state index < -0.39 is 0 Å². The van der Waals surface area contributed by atoms with Gasteiger partial charge in [-0.2, -0.15) is 0 Å². The van der Waals surface area contributed by atoms with E-state index in [-0.39, 0.29) is 6.10 Å². The summed E-state index contributed by atoms with van der Waals surface area (Å²) in [5.41, 5.74) is 9.09. The van der Waals surface area contributed by atoms with Gasteiger partial charge in [-0.25, -0.2) is 0 Å². The van der Waals surface area contributed by atoms with Gasteiger partial charge in [-0.05, 0) is 49.4 Å². The van der Waals surface area contributed by atoms with Crippen LogP contribution in [0.15, 0.2) is 6.07 Å². The Balaban J connectivity index is 2.44. The van der Waals surface area contributed by atoms with E-state index in [0.29, 0.717) is 6.54 Å². The molecule has 1 aliphatic heterocycles. The van der Waals surface area contributed by atoms with Gasteiger partial charge in [0.2, 0.25) is 0 Å². The number of hydrogen-bond donors (Lipinski definition) is 1. The monoisotopic (exact) mass is 225 g/mol. The summed E-state index contributed by atoms with van der Waals surface area (Å²) in [7, 11) is 0. The quantitative estimate of drug-likeness (QED) is 0.798. The molecule has 1 atom stereocenters. The van der Waals surface area contributed by atoms with Gasteiger partial charge in [0.15, 0.2) is 0 Å². The van der Waals surface area contributed by atoms with Gasteiger partial charge >= 0.3 is 0 Å². The van der Waals surface area contributed by atoms with Crippen LogP contribution in [0.3, 0.4) is 0 Å². The number of nitrogens with two attached hydrogens (primary N) is 1. The molecule has 1 aromatic rings. The molecule has 82 valence electrons. The molecule has 0 fully saturated rings. The molecule has 0 aliphatic carbocycles. The molecule has 0 bridgehead atoms. The van der Waals surface area contributed by atoms with E-state index in [1.807, 2.05) is 13.0 Å². The van der Waals surface area contributed by atoms with E-state index in [1.165, 1.54) is 5.56 Å². The van der Waals surface area contributed by atoms with Crippen molar-refractivity contribution in [3.8, 4) is 5.75 Å². The molecule has 1 heterocycles. The van der Waals surface area contributed by atoms with Crippen LogP contribution in [0.2, 0.25) is 5.02 Å². The first-order valence-electron chi connectivity index (χ1n) is 5.28. The van der Waals surface area contributed by atoms with E-state index >= 15 is 0 Å². The molecule has 0 spiro atoms. The summed E-state index contributed by atoms with van der Waals surface area (Å²) in [5, 5.41) is 0.864. The molecule has 2 rings (SSSR count). The number of benzene rings is 1. The number of halogens is 1. The third-order valence-corrected chi connectivity index (χ3v) is 3.63. The van der Waals surface area contributed by atoms with E-state index in [0.717, 1.165) is 34.7 Å². The van der Waals surface area contributed by atoms with Crippen LogP contribution in [0.5, 0.6) is 5.75 Å². The molecule has 2 N–H and O–H groups in total. The Morgan fingerprint density at radius 1 is 1.53 bits per heavy atom. The van der Waals surface area contributed by atoms with Crippen LogP contribution >= 0.6 is 11.6 Å².